The molecule has 21 heavy (non-hydrogen) atoms. The van der Waals surface area contributed by atoms with E-state index in [9.17, 15) is 4.79 Å². The van der Waals surface area contributed by atoms with Crippen molar-refractivity contribution in [2.45, 2.75) is 19.8 Å². The number of benzene rings is 1. The lowest BCUT2D eigenvalue weighted by atomic mass is 10.2. The molecule has 0 bridgehead atoms. The van der Waals surface area contributed by atoms with Crippen molar-refractivity contribution in [1.29, 1.82) is 0 Å². The molecule has 4 heteroatoms. The summed E-state index contributed by atoms with van der Waals surface area (Å²) < 4.78 is 0. The van der Waals surface area contributed by atoms with Crippen LogP contribution in [-0.4, -0.2) is 24.0 Å². The van der Waals surface area contributed by atoms with Crippen LogP contribution in [0.15, 0.2) is 42.7 Å². The van der Waals surface area contributed by atoms with Crippen molar-refractivity contribution in [2.75, 3.05) is 23.3 Å². The predicted octanol–water partition coefficient (Wildman–Crippen LogP) is 3.24. The van der Waals surface area contributed by atoms with Gasteiger partial charge in [-0.15, -0.1) is 0 Å². The molecule has 1 N–H and O–H groups in total. The predicted molar refractivity (Wildman–Crippen MR) is 84.8 cm³/mol. The van der Waals surface area contributed by atoms with Crippen molar-refractivity contribution in [3.05, 3.63) is 53.9 Å². The van der Waals surface area contributed by atoms with E-state index in [-0.39, 0.29) is 5.91 Å². The molecule has 1 aromatic carbocycles. The molecule has 1 aliphatic heterocycles. The number of nitrogens with one attached hydrogen (secondary N) is 1. The minimum atomic E-state index is -0.118. The first-order chi connectivity index (χ1) is 10.2. The first-order valence-corrected chi connectivity index (χ1v) is 7.30. The number of hydrogen-bond acceptors (Lipinski definition) is 3. The van der Waals surface area contributed by atoms with Gasteiger partial charge in [0.05, 0.1) is 17.4 Å². The van der Waals surface area contributed by atoms with Gasteiger partial charge in [-0.1, -0.05) is 17.7 Å². The molecular weight excluding hydrogens is 262 g/mol. The molecule has 0 radical (unpaired) electrons. The summed E-state index contributed by atoms with van der Waals surface area (Å²) in [6.07, 6.45) is 5.86. The SMILES string of the molecule is Cc1ccc(NC(=O)c2cncc(N3CCCC3)c2)cc1. The van der Waals surface area contributed by atoms with E-state index in [0.29, 0.717) is 5.56 Å². The monoisotopic (exact) mass is 281 g/mol. The first-order valence-electron chi connectivity index (χ1n) is 7.30. The van der Waals surface area contributed by atoms with Crippen LogP contribution in [0.3, 0.4) is 0 Å². The van der Waals surface area contributed by atoms with E-state index in [0.717, 1.165) is 24.5 Å². The number of hydrogen-bond donors (Lipinski definition) is 1. The summed E-state index contributed by atoms with van der Waals surface area (Å²) in [7, 11) is 0. The van der Waals surface area contributed by atoms with E-state index in [4.69, 9.17) is 0 Å². The standard InChI is InChI=1S/C17H19N3O/c1-13-4-6-15(7-5-13)19-17(21)14-10-16(12-18-11-14)20-8-2-3-9-20/h4-7,10-12H,2-3,8-9H2,1H3,(H,19,21). The van der Waals surface area contributed by atoms with E-state index in [2.05, 4.69) is 15.2 Å². The normalized spacial score (nSPS) is 14.2. The minimum Gasteiger partial charge on any atom is -0.370 e. The summed E-state index contributed by atoms with van der Waals surface area (Å²) >= 11 is 0. The summed E-state index contributed by atoms with van der Waals surface area (Å²) in [6, 6.07) is 9.70. The van der Waals surface area contributed by atoms with Gasteiger partial charge in [0.1, 0.15) is 0 Å². The van der Waals surface area contributed by atoms with Crippen LogP contribution in [0.25, 0.3) is 0 Å². The van der Waals surface area contributed by atoms with Crippen LogP contribution in [0.1, 0.15) is 28.8 Å². The highest BCUT2D eigenvalue weighted by Gasteiger charge is 2.14. The van der Waals surface area contributed by atoms with Gasteiger partial charge in [0, 0.05) is 25.0 Å². The fourth-order valence-electron chi connectivity index (χ4n) is 2.54. The van der Waals surface area contributed by atoms with Gasteiger partial charge in [0.2, 0.25) is 0 Å². The molecule has 0 aliphatic carbocycles. The van der Waals surface area contributed by atoms with Crippen molar-refractivity contribution in [2.24, 2.45) is 0 Å². The molecule has 1 fully saturated rings. The van der Waals surface area contributed by atoms with Gasteiger partial charge in [-0.25, -0.2) is 0 Å². The molecule has 4 nitrogen and oxygen atoms in total. The van der Waals surface area contributed by atoms with Gasteiger partial charge in [-0.3, -0.25) is 9.78 Å². The molecule has 2 heterocycles. The maximum absolute atomic E-state index is 12.3. The van der Waals surface area contributed by atoms with E-state index >= 15 is 0 Å². The van der Waals surface area contributed by atoms with Crippen LogP contribution in [-0.2, 0) is 0 Å². The van der Waals surface area contributed by atoms with Crippen LogP contribution < -0.4 is 10.2 Å². The number of nitrogens with zero attached hydrogens (tertiary/aromatic N) is 2. The third-order valence-electron chi connectivity index (χ3n) is 3.77. The lowest BCUT2D eigenvalue weighted by Gasteiger charge is -2.17. The Hall–Kier alpha value is -2.36. The molecule has 1 aromatic heterocycles. The topological polar surface area (TPSA) is 45.2 Å². The molecule has 1 saturated heterocycles. The fourth-order valence-corrected chi connectivity index (χ4v) is 2.54. The molecule has 0 unspecified atom stereocenters. The first kappa shape index (κ1) is 13.6. The van der Waals surface area contributed by atoms with E-state index < -0.39 is 0 Å². The summed E-state index contributed by atoms with van der Waals surface area (Å²) in [5.41, 5.74) is 3.60. The Labute approximate surface area is 124 Å². The number of amides is 1. The Morgan fingerprint density at radius 1 is 1.14 bits per heavy atom. The van der Waals surface area contributed by atoms with Crippen molar-refractivity contribution in [3.8, 4) is 0 Å². The summed E-state index contributed by atoms with van der Waals surface area (Å²) in [5, 5.41) is 2.91. The van der Waals surface area contributed by atoms with Crippen LogP contribution in [0, 0.1) is 6.92 Å². The molecule has 1 aliphatic rings. The lowest BCUT2D eigenvalue weighted by molar-refractivity contribution is 0.102. The number of carbonyl (C=O) groups excluding carboxylic acids is 1. The largest absolute Gasteiger partial charge is 0.370 e. The summed E-state index contributed by atoms with van der Waals surface area (Å²) in [4.78, 5) is 18.8. The fraction of sp³-hybridized carbons (Fsp3) is 0.294. The zero-order valence-corrected chi connectivity index (χ0v) is 12.2. The average molecular weight is 281 g/mol. The molecule has 0 saturated carbocycles. The highest BCUT2D eigenvalue weighted by Crippen LogP contribution is 2.20. The van der Waals surface area contributed by atoms with Crippen molar-refractivity contribution < 1.29 is 4.79 Å². The summed E-state index contributed by atoms with van der Waals surface area (Å²) in [6.45, 7) is 4.12. The number of rotatable bonds is 3. The Balaban J connectivity index is 1.74. The Kier molecular flexibility index (Phi) is 3.86. The maximum Gasteiger partial charge on any atom is 0.257 e. The van der Waals surface area contributed by atoms with Gasteiger partial charge in [0.25, 0.3) is 5.91 Å². The molecule has 108 valence electrons. The van der Waals surface area contributed by atoms with Crippen LogP contribution in [0.4, 0.5) is 11.4 Å². The quantitative estimate of drug-likeness (QED) is 0.939. The molecule has 2 aromatic rings. The van der Waals surface area contributed by atoms with E-state index in [1.807, 2.05) is 43.5 Å². The number of anilines is 2. The zero-order valence-electron chi connectivity index (χ0n) is 12.2. The third-order valence-corrected chi connectivity index (χ3v) is 3.77. The minimum absolute atomic E-state index is 0.118. The van der Waals surface area contributed by atoms with Gasteiger partial charge in [-0.05, 0) is 38.0 Å². The average Bonchev–Trinajstić information content (AvgIpc) is 3.04. The number of aromatic nitrogens is 1. The van der Waals surface area contributed by atoms with Gasteiger partial charge in [-0.2, -0.15) is 0 Å². The Bertz CT molecular complexity index is 631. The zero-order chi connectivity index (χ0) is 14.7. The lowest BCUT2D eigenvalue weighted by Crippen LogP contribution is -2.19. The van der Waals surface area contributed by atoms with E-state index in [1.54, 1.807) is 6.20 Å². The Morgan fingerprint density at radius 2 is 1.86 bits per heavy atom. The summed E-state index contributed by atoms with van der Waals surface area (Å²) in [5.74, 6) is -0.118. The van der Waals surface area contributed by atoms with Crippen LogP contribution >= 0.6 is 0 Å². The molecule has 0 spiro atoms. The van der Waals surface area contributed by atoms with Crippen LogP contribution in [0.2, 0.25) is 0 Å². The molecule has 1 amide bonds. The van der Waals surface area contributed by atoms with E-state index in [1.165, 1.54) is 18.4 Å². The van der Waals surface area contributed by atoms with Crippen molar-refractivity contribution in [1.82, 2.24) is 4.98 Å². The molecule has 3 rings (SSSR count). The number of aryl methyl sites for hydroxylation is 1. The maximum atomic E-state index is 12.3. The van der Waals surface area contributed by atoms with Crippen LogP contribution in [0.5, 0.6) is 0 Å². The number of carbonyl (C=O) groups is 1. The number of pyridine rings is 1. The van der Waals surface area contributed by atoms with Crippen molar-refractivity contribution in [3.63, 3.8) is 0 Å². The molecular formula is C17H19N3O. The highest BCUT2D eigenvalue weighted by molar-refractivity contribution is 6.04. The smallest absolute Gasteiger partial charge is 0.257 e. The third kappa shape index (κ3) is 3.21. The second kappa shape index (κ2) is 5.95. The highest BCUT2D eigenvalue weighted by atomic mass is 16.1. The van der Waals surface area contributed by atoms with Gasteiger partial charge in [0.15, 0.2) is 0 Å². The van der Waals surface area contributed by atoms with Gasteiger partial charge < -0.3 is 10.2 Å². The molecule has 0 atom stereocenters. The Morgan fingerprint density at radius 3 is 2.57 bits per heavy atom. The van der Waals surface area contributed by atoms with Gasteiger partial charge >= 0.3 is 0 Å². The van der Waals surface area contributed by atoms with Crippen molar-refractivity contribution >= 4 is 17.3 Å². The second-order valence-corrected chi connectivity index (χ2v) is 5.45. The second-order valence-electron chi connectivity index (χ2n) is 5.45.